The number of thioether (sulfide) groups is 1. The third-order valence-electron chi connectivity index (χ3n) is 3.13. The molecule has 21 heavy (non-hydrogen) atoms. The van der Waals surface area contributed by atoms with E-state index in [4.69, 9.17) is 0 Å². The van der Waals surface area contributed by atoms with Crippen molar-refractivity contribution in [3.05, 3.63) is 33.8 Å². The number of nitriles is 1. The molecule has 1 fully saturated rings. The summed E-state index contributed by atoms with van der Waals surface area (Å²) in [6, 6.07) is 4.91. The molecule has 1 aromatic rings. The van der Waals surface area contributed by atoms with E-state index in [0.29, 0.717) is 12.2 Å². The molecule has 0 aliphatic carbocycles. The number of amides is 1. The predicted octanol–water partition coefficient (Wildman–Crippen LogP) is 3.60. The Balaban J connectivity index is 2.29. The number of hydrogen-bond acceptors (Lipinski definition) is 3. The SMILES string of the molecule is N#CC1(NC(=O)c2cc(C(F)(F)F)ccc2Br)CCSC1. The zero-order valence-electron chi connectivity index (χ0n) is 10.6. The van der Waals surface area contributed by atoms with Crippen LogP contribution in [0.2, 0.25) is 0 Å². The van der Waals surface area contributed by atoms with Gasteiger partial charge in [0.25, 0.3) is 5.91 Å². The minimum Gasteiger partial charge on any atom is -0.333 e. The van der Waals surface area contributed by atoms with Crippen molar-refractivity contribution in [1.82, 2.24) is 5.32 Å². The van der Waals surface area contributed by atoms with E-state index in [9.17, 15) is 23.2 Å². The molecule has 0 aromatic heterocycles. The molecule has 2 rings (SSSR count). The van der Waals surface area contributed by atoms with Crippen molar-refractivity contribution in [3.8, 4) is 6.07 Å². The van der Waals surface area contributed by atoms with Gasteiger partial charge in [-0.05, 0) is 46.3 Å². The van der Waals surface area contributed by atoms with Gasteiger partial charge in [0.2, 0.25) is 0 Å². The molecule has 0 spiro atoms. The van der Waals surface area contributed by atoms with Crippen LogP contribution >= 0.6 is 27.7 Å². The highest BCUT2D eigenvalue weighted by Crippen LogP contribution is 2.33. The number of nitrogens with one attached hydrogen (secondary N) is 1. The van der Waals surface area contributed by atoms with Gasteiger partial charge in [-0.25, -0.2) is 0 Å². The minimum absolute atomic E-state index is 0.128. The molecule has 0 bridgehead atoms. The normalized spacial score (nSPS) is 21.9. The van der Waals surface area contributed by atoms with Gasteiger partial charge < -0.3 is 5.32 Å². The van der Waals surface area contributed by atoms with Crippen LogP contribution in [-0.2, 0) is 6.18 Å². The second-order valence-corrected chi connectivity index (χ2v) is 6.60. The van der Waals surface area contributed by atoms with Crippen LogP contribution in [0.3, 0.4) is 0 Å². The molecule has 1 heterocycles. The number of carbonyl (C=O) groups excluding carboxylic acids is 1. The summed E-state index contributed by atoms with van der Waals surface area (Å²) in [6.07, 6.45) is -4.04. The van der Waals surface area contributed by atoms with Crippen LogP contribution in [0.1, 0.15) is 22.3 Å². The van der Waals surface area contributed by atoms with Crippen LogP contribution in [0.5, 0.6) is 0 Å². The molecule has 1 unspecified atom stereocenters. The fraction of sp³-hybridized carbons (Fsp3) is 0.385. The Morgan fingerprint density at radius 1 is 1.48 bits per heavy atom. The highest BCUT2D eigenvalue weighted by atomic mass is 79.9. The van der Waals surface area contributed by atoms with Crippen molar-refractivity contribution < 1.29 is 18.0 Å². The standard InChI is InChI=1S/C13H10BrF3N2OS/c14-10-2-1-8(13(15,16)17)5-9(10)11(20)19-12(6-18)3-4-21-7-12/h1-2,5H,3-4,7H2,(H,19,20). The lowest BCUT2D eigenvalue weighted by atomic mass is 10.00. The molecule has 1 amide bonds. The minimum atomic E-state index is -4.52. The number of benzene rings is 1. The van der Waals surface area contributed by atoms with Gasteiger partial charge in [-0.15, -0.1) is 0 Å². The summed E-state index contributed by atoms with van der Waals surface area (Å²) >= 11 is 4.60. The monoisotopic (exact) mass is 378 g/mol. The topological polar surface area (TPSA) is 52.9 Å². The summed E-state index contributed by atoms with van der Waals surface area (Å²) in [4.78, 5) is 12.2. The van der Waals surface area contributed by atoms with Crippen LogP contribution in [0, 0.1) is 11.3 Å². The van der Waals surface area contributed by atoms with Crippen molar-refractivity contribution in [2.45, 2.75) is 18.1 Å². The average Bonchev–Trinajstić information content (AvgIpc) is 2.87. The van der Waals surface area contributed by atoms with Gasteiger partial charge in [0.1, 0.15) is 5.54 Å². The van der Waals surface area contributed by atoms with Crippen molar-refractivity contribution in [2.75, 3.05) is 11.5 Å². The molecule has 1 atom stereocenters. The van der Waals surface area contributed by atoms with Crippen molar-refractivity contribution in [3.63, 3.8) is 0 Å². The molecule has 1 saturated heterocycles. The summed E-state index contributed by atoms with van der Waals surface area (Å²) < 4.78 is 38.4. The van der Waals surface area contributed by atoms with Crippen molar-refractivity contribution >= 4 is 33.6 Å². The Morgan fingerprint density at radius 2 is 2.19 bits per heavy atom. The summed E-state index contributed by atoms with van der Waals surface area (Å²) in [5.74, 6) is 0.487. The number of carbonyl (C=O) groups is 1. The van der Waals surface area contributed by atoms with E-state index in [2.05, 4.69) is 27.3 Å². The fourth-order valence-corrected chi connectivity index (χ4v) is 3.63. The first kappa shape index (κ1) is 16.2. The lowest BCUT2D eigenvalue weighted by Crippen LogP contribution is -2.47. The summed E-state index contributed by atoms with van der Waals surface area (Å²) in [6.45, 7) is 0. The van der Waals surface area contributed by atoms with Gasteiger partial charge in [0.05, 0.1) is 17.2 Å². The van der Waals surface area contributed by atoms with Crippen LogP contribution < -0.4 is 5.32 Å². The van der Waals surface area contributed by atoms with Gasteiger partial charge in [0, 0.05) is 10.2 Å². The van der Waals surface area contributed by atoms with E-state index >= 15 is 0 Å². The molecule has 1 aromatic carbocycles. The van der Waals surface area contributed by atoms with Crippen molar-refractivity contribution in [2.24, 2.45) is 0 Å². The Kier molecular flexibility index (Phi) is 4.54. The zero-order chi connectivity index (χ0) is 15.7. The molecule has 112 valence electrons. The number of halogens is 4. The van der Waals surface area contributed by atoms with Gasteiger partial charge in [0.15, 0.2) is 0 Å². The first-order valence-electron chi connectivity index (χ1n) is 5.96. The van der Waals surface area contributed by atoms with E-state index in [-0.39, 0.29) is 10.0 Å². The Bertz CT molecular complexity index is 606. The Morgan fingerprint density at radius 3 is 2.71 bits per heavy atom. The van der Waals surface area contributed by atoms with Gasteiger partial charge in [-0.1, -0.05) is 0 Å². The smallest absolute Gasteiger partial charge is 0.333 e. The van der Waals surface area contributed by atoms with Crippen LogP contribution in [0.4, 0.5) is 13.2 Å². The third kappa shape index (κ3) is 3.52. The summed E-state index contributed by atoms with van der Waals surface area (Å²) in [5.41, 5.74) is -2.03. The maximum absolute atomic E-state index is 12.7. The van der Waals surface area contributed by atoms with Crippen molar-refractivity contribution in [1.29, 1.82) is 5.26 Å². The van der Waals surface area contributed by atoms with E-state index < -0.39 is 23.2 Å². The van der Waals surface area contributed by atoms with E-state index in [1.165, 1.54) is 17.8 Å². The maximum Gasteiger partial charge on any atom is 0.416 e. The highest BCUT2D eigenvalue weighted by Gasteiger charge is 2.37. The molecule has 1 N–H and O–H groups in total. The predicted molar refractivity (Wildman–Crippen MR) is 76.9 cm³/mol. The van der Waals surface area contributed by atoms with Crippen LogP contribution in [0.15, 0.2) is 22.7 Å². The summed E-state index contributed by atoms with van der Waals surface area (Å²) in [5, 5.41) is 11.8. The molecular formula is C13H10BrF3N2OS. The average molecular weight is 379 g/mol. The molecule has 8 heteroatoms. The van der Waals surface area contributed by atoms with Gasteiger partial charge >= 0.3 is 6.18 Å². The van der Waals surface area contributed by atoms with Gasteiger partial charge in [-0.2, -0.15) is 30.2 Å². The Labute approximate surface area is 132 Å². The number of nitrogens with zero attached hydrogens (tertiary/aromatic N) is 1. The fourth-order valence-electron chi connectivity index (χ4n) is 1.94. The van der Waals surface area contributed by atoms with E-state index in [1.807, 2.05) is 0 Å². The van der Waals surface area contributed by atoms with Crippen LogP contribution in [-0.4, -0.2) is 23.0 Å². The third-order valence-corrected chi connectivity index (χ3v) is 5.01. The largest absolute Gasteiger partial charge is 0.416 e. The molecule has 1 aliphatic rings. The number of rotatable bonds is 2. The lowest BCUT2D eigenvalue weighted by Gasteiger charge is -2.22. The first-order chi connectivity index (χ1) is 9.77. The quantitative estimate of drug-likeness (QED) is 0.855. The lowest BCUT2D eigenvalue weighted by molar-refractivity contribution is -0.137. The van der Waals surface area contributed by atoms with E-state index in [0.717, 1.165) is 17.9 Å². The highest BCUT2D eigenvalue weighted by molar-refractivity contribution is 9.10. The second kappa shape index (κ2) is 5.89. The number of hydrogen-bond donors (Lipinski definition) is 1. The second-order valence-electron chi connectivity index (χ2n) is 4.64. The molecule has 0 saturated carbocycles. The molecule has 0 radical (unpaired) electrons. The van der Waals surface area contributed by atoms with Crippen LogP contribution in [0.25, 0.3) is 0 Å². The maximum atomic E-state index is 12.7. The zero-order valence-corrected chi connectivity index (χ0v) is 13.0. The Hall–Kier alpha value is -1.20. The van der Waals surface area contributed by atoms with E-state index in [1.54, 1.807) is 0 Å². The number of alkyl halides is 3. The molecule has 3 nitrogen and oxygen atoms in total. The van der Waals surface area contributed by atoms with Gasteiger partial charge in [-0.3, -0.25) is 4.79 Å². The summed E-state index contributed by atoms with van der Waals surface area (Å²) in [7, 11) is 0. The molecular weight excluding hydrogens is 369 g/mol. The molecule has 1 aliphatic heterocycles. The first-order valence-corrected chi connectivity index (χ1v) is 7.90.